The lowest BCUT2D eigenvalue weighted by molar-refractivity contribution is -0.402. The number of furan rings is 1. The molecule has 0 radical (unpaired) electrons. The molecule has 0 amide bonds. The van der Waals surface area contributed by atoms with E-state index in [2.05, 4.69) is 15.4 Å². The number of aryl methyl sites for hydroxylation is 1. The lowest BCUT2D eigenvalue weighted by Crippen LogP contribution is -2.18. The van der Waals surface area contributed by atoms with Crippen LogP contribution in [-0.4, -0.2) is 17.2 Å². The van der Waals surface area contributed by atoms with Crippen LogP contribution >= 0.6 is 7.67 Å². The highest BCUT2D eigenvalue weighted by Crippen LogP contribution is 2.42. The van der Waals surface area contributed by atoms with Gasteiger partial charge in [0.05, 0.1) is 18.4 Å². The van der Waals surface area contributed by atoms with Crippen LogP contribution in [0.25, 0.3) is 0 Å². The molecule has 1 aliphatic carbocycles. The van der Waals surface area contributed by atoms with Gasteiger partial charge in [-0.1, -0.05) is 18.2 Å². The molecule has 1 heterocycles. The van der Waals surface area contributed by atoms with Crippen molar-refractivity contribution in [1.82, 2.24) is 5.20 Å². The zero-order chi connectivity index (χ0) is 18.6. The highest BCUT2D eigenvalue weighted by molar-refractivity contribution is 7.58. The van der Waals surface area contributed by atoms with Gasteiger partial charge in [0.15, 0.2) is 0 Å². The van der Waals surface area contributed by atoms with Gasteiger partial charge < -0.3 is 4.42 Å². The fourth-order valence-electron chi connectivity index (χ4n) is 2.68. The van der Waals surface area contributed by atoms with Crippen LogP contribution < -0.4 is 10.3 Å². The summed E-state index contributed by atoms with van der Waals surface area (Å²) in [5, 5.41) is 20.6. The number of fused-ring (bicyclic) bond motifs is 1. The average molecular weight is 378 g/mol. The number of nitro groups is 1. The maximum atomic E-state index is 13.0. The largest absolute Gasteiger partial charge is 0.433 e. The molecule has 0 fully saturated rings. The van der Waals surface area contributed by atoms with E-state index in [1.54, 1.807) is 19.1 Å². The minimum absolute atomic E-state index is 0.220. The van der Waals surface area contributed by atoms with Crippen LogP contribution in [0.3, 0.4) is 0 Å². The first kappa shape index (κ1) is 18.2. The molecule has 0 saturated carbocycles. The van der Waals surface area contributed by atoms with Gasteiger partial charge in [0.1, 0.15) is 10.7 Å². The highest BCUT2D eigenvalue weighted by Gasteiger charge is 2.27. The molecule has 26 heavy (non-hydrogen) atoms. The minimum atomic E-state index is -3.48. The first-order valence-corrected chi connectivity index (χ1v) is 9.82. The van der Waals surface area contributed by atoms with Crippen molar-refractivity contribution in [2.45, 2.75) is 26.2 Å². The summed E-state index contributed by atoms with van der Waals surface area (Å²) in [5.41, 5.74) is 1.75. The summed E-state index contributed by atoms with van der Waals surface area (Å²) in [5.74, 6) is 0.200. The van der Waals surface area contributed by atoms with Gasteiger partial charge in [-0.2, -0.15) is 5.10 Å². The van der Waals surface area contributed by atoms with Crippen LogP contribution in [0, 0.1) is 10.1 Å². The van der Waals surface area contributed by atoms with Gasteiger partial charge in [-0.25, -0.2) is 9.76 Å². The minimum Gasteiger partial charge on any atom is -0.405 e. The number of benzene rings is 1. The summed E-state index contributed by atoms with van der Waals surface area (Å²) in [4.78, 5) is 10.3. The second kappa shape index (κ2) is 7.72. The maximum absolute atomic E-state index is 13.0. The Morgan fingerprint density at radius 3 is 2.81 bits per heavy atom. The molecule has 0 aliphatic heterocycles. The molecule has 138 valence electrons. The Kier molecular flexibility index (Phi) is 5.39. The molecule has 1 aromatic carbocycles. The lowest BCUT2D eigenvalue weighted by Gasteiger charge is -2.20. The van der Waals surface area contributed by atoms with Gasteiger partial charge in [0, 0.05) is 17.7 Å². The standard InChI is InChI=1S/C16H19N4O5P/c1-2-24-26(23,18-12-7-4-3-5-8-12)19-17-14-9-6-10-15-13(14)11-16(25-15)20(21)22/h3-5,7-8,11H,2,6,9-10H2,1H3,(H2,18,19,23)/b17-14+. The van der Waals surface area contributed by atoms with Crippen LogP contribution in [0.4, 0.5) is 11.6 Å². The zero-order valence-corrected chi connectivity index (χ0v) is 15.1. The van der Waals surface area contributed by atoms with E-state index < -0.39 is 12.6 Å². The van der Waals surface area contributed by atoms with Gasteiger partial charge in [-0.15, -0.1) is 0 Å². The molecule has 1 unspecified atom stereocenters. The van der Waals surface area contributed by atoms with Crippen molar-refractivity contribution in [3.8, 4) is 0 Å². The van der Waals surface area contributed by atoms with E-state index in [1.807, 2.05) is 18.2 Å². The van der Waals surface area contributed by atoms with Crippen molar-refractivity contribution in [1.29, 1.82) is 0 Å². The molecule has 0 bridgehead atoms. The fraction of sp³-hybridized carbons (Fsp3) is 0.312. The molecular weight excluding hydrogens is 359 g/mol. The van der Waals surface area contributed by atoms with Gasteiger partial charge in [0.2, 0.25) is 0 Å². The Hall–Kier alpha value is -2.64. The molecule has 3 rings (SSSR count). The second-order valence-electron chi connectivity index (χ2n) is 5.64. The zero-order valence-electron chi connectivity index (χ0n) is 14.2. The molecule has 0 saturated heterocycles. The van der Waals surface area contributed by atoms with E-state index in [-0.39, 0.29) is 12.5 Å². The third-order valence-corrected chi connectivity index (χ3v) is 5.32. The van der Waals surface area contributed by atoms with Crippen LogP contribution in [0.2, 0.25) is 0 Å². The number of hydrogen-bond donors (Lipinski definition) is 2. The summed E-state index contributed by atoms with van der Waals surface area (Å²) in [6, 6.07) is 10.3. The van der Waals surface area contributed by atoms with E-state index in [0.29, 0.717) is 35.6 Å². The number of anilines is 1. The van der Waals surface area contributed by atoms with E-state index in [4.69, 9.17) is 8.94 Å². The van der Waals surface area contributed by atoms with Gasteiger partial charge in [-0.05, 0) is 31.9 Å². The number of hydrazone groups is 1. The number of hydrogen-bond acceptors (Lipinski definition) is 6. The second-order valence-corrected chi connectivity index (χ2v) is 7.42. The van der Waals surface area contributed by atoms with Crippen molar-refractivity contribution in [3.05, 3.63) is 57.8 Å². The molecule has 1 aliphatic rings. The molecule has 2 N–H and O–H groups in total. The van der Waals surface area contributed by atoms with Crippen LogP contribution in [0.1, 0.15) is 31.1 Å². The predicted molar refractivity (Wildman–Crippen MR) is 97.3 cm³/mol. The smallest absolute Gasteiger partial charge is 0.405 e. The van der Waals surface area contributed by atoms with Crippen molar-refractivity contribution < 1.29 is 18.4 Å². The van der Waals surface area contributed by atoms with Gasteiger partial charge >= 0.3 is 13.6 Å². The molecular formula is C16H19N4O5P. The van der Waals surface area contributed by atoms with Gasteiger partial charge in [0.25, 0.3) is 0 Å². The summed E-state index contributed by atoms with van der Waals surface area (Å²) in [7, 11) is -3.48. The Labute approximate surface area is 150 Å². The van der Waals surface area contributed by atoms with Gasteiger partial charge in [-0.3, -0.25) is 19.7 Å². The first-order chi connectivity index (χ1) is 12.5. The summed E-state index contributed by atoms with van der Waals surface area (Å²) < 4.78 is 23.6. The molecule has 2 aromatic rings. The third-order valence-electron chi connectivity index (χ3n) is 3.78. The Morgan fingerprint density at radius 1 is 1.35 bits per heavy atom. The highest BCUT2D eigenvalue weighted by atomic mass is 31.2. The van der Waals surface area contributed by atoms with E-state index in [0.717, 1.165) is 6.42 Å². The summed E-state index contributed by atoms with van der Waals surface area (Å²) in [6.07, 6.45) is 1.94. The lowest BCUT2D eigenvalue weighted by atomic mass is 9.97. The van der Waals surface area contributed by atoms with E-state index >= 15 is 0 Å². The monoisotopic (exact) mass is 378 g/mol. The molecule has 9 nitrogen and oxygen atoms in total. The van der Waals surface area contributed by atoms with Crippen molar-refractivity contribution >= 4 is 25.0 Å². The van der Waals surface area contributed by atoms with E-state index in [9.17, 15) is 14.7 Å². The Morgan fingerprint density at radius 2 is 2.12 bits per heavy atom. The molecule has 0 spiro atoms. The van der Waals surface area contributed by atoms with E-state index in [1.165, 1.54) is 6.07 Å². The molecule has 10 heteroatoms. The Balaban J connectivity index is 1.83. The topological polar surface area (TPSA) is 119 Å². The molecule has 1 atom stereocenters. The summed E-state index contributed by atoms with van der Waals surface area (Å²) in [6.45, 7) is 1.95. The number of rotatable bonds is 7. The van der Waals surface area contributed by atoms with Crippen LogP contribution in [0.5, 0.6) is 0 Å². The number of nitrogens with one attached hydrogen (secondary N) is 2. The quantitative estimate of drug-likeness (QED) is 0.423. The van der Waals surface area contributed by atoms with Crippen LogP contribution in [-0.2, 0) is 15.5 Å². The van der Waals surface area contributed by atoms with Crippen LogP contribution in [0.15, 0.2) is 45.9 Å². The number of para-hydroxylation sites is 1. The predicted octanol–water partition coefficient (Wildman–Crippen LogP) is 4.07. The van der Waals surface area contributed by atoms with Crippen molar-refractivity contribution in [2.75, 3.05) is 11.7 Å². The fourth-order valence-corrected chi connectivity index (χ4v) is 3.96. The average Bonchev–Trinajstić information content (AvgIpc) is 3.06. The SMILES string of the molecule is CCOP(=O)(N/N=C1\CCCc2oc([N+](=O)[O-])cc21)Nc1ccccc1. The third kappa shape index (κ3) is 4.12. The normalized spacial score (nSPS) is 17.3. The van der Waals surface area contributed by atoms with Crippen molar-refractivity contribution in [3.63, 3.8) is 0 Å². The first-order valence-electron chi connectivity index (χ1n) is 8.20. The van der Waals surface area contributed by atoms with Crippen molar-refractivity contribution in [2.24, 2.45) is 5.10 Å². The summed E-state index contributed by atoms with van der Waals surface area (Å²) >= 11 is 0. The Bertz CT molecular complexity index is 865. The maximum Gasteiger partial charge on any atom is 0.433 e. The number of nitrogens with zero attached hydrogens (tertiary/aromatic N) is 2. The molecule has 1 aromatic heterocycles.